The van der Waals surface area contributed by atoms with Gasteiger partial charge in [0.2, 0.25) is 0 Å². The first-order chi connectivity index (χ1) is 16.2. The number of hydrogen-bond acceptors (Lipinski definition) is 5. The number of aryl methyl sites for hydroxylation is 1. The minimum absolute atomic E-state index is 0.217. The molecular weight excluding hydrogens is 446 g/mol. The topological polar surface area (TPSA) is 96.9 Å². The summed E-state index contributed by atoms with van der Waals surface area (Å²) in [6.45, 7) is 1.15. The Balaban J connectivity index is 1.27. The number of halogens is 2. The monoisotopic (exact) mass is 474 g/mol. The molecule has 3 saturated carbocycles. The minimum atomic E-state index is -0.828. The number of rotatable bonds is 8. The number of hydrogen-bond donors (Lipinski definition) is 3. The van der Waals surface area contributed by atoms with Gasteiger partial charge in [0.05, 0.1) is 11.6 Å². The summed E-state index contributed by atoms with van der Waals surface area (Å²) in [4.78, 5) is 25.0. The van der Waals surface area contributed by atoms with Crippen molar-refractivity contribution in [2.24, 2.45) is 0 Å². The van der Waals surface area contributed by atoms with Crippen LogP contribution in [-0.4, -0.2) is 47.3 Å². The molecule has 3 fully saturated rings. The van der Waals surface area contributed by atoms with Gasteiger partial charge in [-0.3, -0.25) is 9.59 Å². The average molecular weight is 475 g/mol. The second-order valence-corrected chi connectivity index (χ2v) is 9.20. The van der Waals surface area contributed by atoms with Crippen molar-refractivity contribution in [3.8, 4) is 11.5 Å². The van der Waals surface area contributed by atoms with E-state index in [1.807, 2.05) is 0 Å². The van der Waals surface area contributed by atoms with Gasteiger partial charge < -0.3 is 25.2 Å². The Kier molecular flexibility index (Phi) is 6.74. The fourth-order valence-corrected chi connectivity index (χ4v) is 4.84. The van der Waals surface area contributed by atoms with E-state index in [2.05, 4.69) is 10.6 Å². The summed E-state index contributed by atoms with van der Waals surface area (Å²) in [6.07, 6.45) is 1.71. The highest BCUT2D eigenvalue weighted by molar-refractivity contribution is 5.79. The molecule has 2 amide bonds. The zero-order valence-electron chi connectivity index (χ0n) is 18.9. The Hall–Kier alpha value is -3.20. The first-order valence-electron chi connectivity index (χ1n) is 11.3. The normalized spacial score (nSPS) is 25.5. The van der Waals surface area contributed by atoms with Crippen LogP contribution in [0.25, 0.3) is 0 Å². The summed E-state index contributed by atoms with van der Waals surface area (Å²) in [5, 5.41) is 16.8. The van der Waals surface area contributed by atoms with Gasteiger partial charge in [0.15, 0.2) is 13.2 Å². The molecule has 0 unspecified atom stereocenters. The summed E-state index contributed by atoms with van der Waals surface area (Å²) in [7, 11) is 0. The molecule has 0 heterocycles. The molecule has 0 saturated heterocycles. The predicted molar refractivity (Wildman–Crippen MR) is 119 cm³/mol. The van der Waals surface area contributed by atoms with Crippen LogP contribution in [0.3, 0.4) is 0 Å². The Morgan fingerprint density at radius 2 is 1.53 bits per heavy atom. The van der Waals surface area contributed by atoms with Crippen LogP contribution in [0.4, 0.5) is 8.78 Å². The lowest BCUT2D eigenvalue weighted by Crippen LogP contribution is -2.70. The molecular formula is C25H28F2N2O5. The van der Waals surface area contributed by atoms with Crippen LogP contribution in [0.15, 0.2) is 42.5 Å². The van der Waals surface area contributed by atoms with Gasteiger partial charge in [0.25, 0.3) is 11.8 Å². The fourth-order valence-electron chi connectivity index (χ4n) is 4.84. The van der Waals surface area contributed by atoms with Crippen molar-refractivity contribution in [1.82, 2.24) is 10.6 Å². The molecule has 3 N–H and O–H groups in total. The van der Waals surface area contributed by atoms with Gasteiger partial charge in [0, 0.05) is 5.54 Å². The van der Waals surface area contributed by atoms with Gasteiger partial charge in [-0.25, -0.2) is 8.78 Å². The van der Waals surface area contributed by atoms with Crippen LogP contribution >= 0.6 is 0 Å². The van der Waals surface area contributed by atoms with Gasteiger partial charge in [0.1, 0.15) is 23.1 Å². The number of aliphatic hydroxyl groups excluding tert-OH is 1. The number of fused-ring (bicyclic) bond motifs is 3. The molecule has 2 aromatic rings. The van der Waals surface area contributed by atoms with Crippen LogP contribution < -0.4 is 20.1 Å². The van der Waals surface area contributed by atoms with E-state index in [-0.39, 0.29) is 30.8 Å². The number of carbonyl (C=O) groups excluding carboxylic acids is 2. The van der Waals surface area contributed by atoms with Crippen LogP contribution in [-0.2, 0) is 9.59 Å². The van der Waals surface area contributed by atoms with Crippen LogP contribution in [0.2, 0.25) is 0 Å². The molecule has 0 spiro atoms. The lowest BCUT2D eigenvalue weighted by molar-refractivity contribution is -0.137. The SMILES string of the molecule is Cc1cc(OCC(=O)NC23CCC(NC(=O)COc4ccc(F)cc4)(CC2)[C@H](O)C3)ccc1F. The molecule has 182 valence electrons. The van der Waals surface area contributed by atoms with E-state index in [0.29, 0.717) is 49.2 Å². The van der Waals surface area contributed by atoms with E-state index in [1.165, 1.54) is 42.5 Å². The summed E-state index contributed by atoms with van der Waals surface area (Å²) in [5.74, 6) is -0.641. The highest BCUT2D eigenvalue weighted by Crippen LogP contribution is 2.47. The van der Waals surface area contributed by atoms with Gasteiger partial charge in [-0.15, -0.1) is 0 Å². The second kappa shape index (κ2) is 9.58. The number of carbonyl (C=O) groups is 2. The molecule has 5 rings (SSSR count). The smallest absolute Gasteiger partial charge is 0.258 e. The van der Waals surface area contributed by atoms with Crippen molar-refractivity contribution in [2.45, 2.75) is 56.2 Å². The van der Waals surface area contributed by atoms with E-state index >= 15 is 0 Å². The predicted octanol–water partition coefficient (Wildman–Crippen LogP) is 2.78. The highest BCUT2D eigenvalue weighted by Gasteiger charge is 2.55. The maximum Gasteiger partial charge on any atom is 0.258 e. The first kappa shape index (κ1) is 23.9. The summed E-state index contributed by atoms with van der Waals surface area (Å²) in [5.41, 5.74) is -0.895. The zero-order chi connectivity index (χ0) is 24.3. The number of ether oxygens (including phenoxy) is 2. The Morgan fingerprint density at radius 1 is 0.941 bits per heavy atom. The lowest BCUT2D eigenvalue weighted by Gasteiger charge is -2.56. The number of benzene rings is 2. The molecule has 1 atom stereocenters. The summed E-state index contributed by atoms with van der Waals surface area (Å²) < 4.78 is 37.3. The van der Waals surface area contributed by atoms with Gasteiger partial charge in [-0.05, 0) is 87.1 Å². The lowest BCUT2D eigenvalue weighted by atomic mass is 9.60. The molecule has 0 radical (unpaired) electrons. The average Bonchev–Trinajstić information content (AvgIpc) is 2.81. The number of nitrogens with one attached hydrogen (secondary N) is 2. The van der Waals surface area contributed by atoms with E-state index < -0.39 is 23.0 Å². The van der Waals surface area contributed by atoms with Crippen molar-refractivity contribution in [3.05, 3.63) is 59.7 Å². The zero-order valence-corrected chi connectivity index (χ0v) is 18.9. The van der Waals surface area contributed by atoms with Crippen LogP contribution in [0.5, 0.6) is 11.5 Å². The summed E-state index contributed by atoms with van der Waals surface area (Å²) in [6, 6.07) is 9.66. The van der Waals surface area contributed by atoms with Crippen molar-refractivity contribution >= 4 is 11.8 Å². The van der Waals surface area contributed by atoms with E-state index in [1.54, 1.807) is 6.92 Å². The second-order valence-electron chi connectivity index (χ2n) is 9.20. The molecule has 3 aliphatic carbocycles. The third-order valence-corrected chi connectivity index (χ3v) is 6.80. The van der Waals surface area contributed by atoms with Crippen LogP contribution in [0, 0.1) is 18.6 Å². The molecule has 0 aromatic heterocycles. The number of aliphatic hydroxyl groups is 1. The third-order valence-electron chi connectivity index (χ3n) is 6.80. The Bertz CT molecular complexity index is 1050. The molecule has 2 aromatic carbocycles. The molecule has 3 aliphatic rings. The minimum Gasteiger partial charge on any atom is -0.484 e. The van der Waals surface area contributed by atoms with E-state index in [9.17, 15) is 23.5 Å². The Labute approximate surface area is 196 Å². The Morgan fingerprint density at radius 3 is 2.15 bits per heavy atom. The molecule has 0 aliphatic heterocycles. The number of amides is 2. The van der Waals surface area contributed by atoms with Gasteiger partial charge in [-0.2, -0.15) is 0 Å². The molecule has 34 heavy (non-hydrogen) atoms. The van der Waals surface area contributed by atoms with Crippen molar-refractivity contribution in [1.29, 1.82) is 0 Å². The fraction of sp³-hybridized carbons (Fsp3) is 0.440. The first-order valence-corrected chi connectivity index (χ1v) is 11.3. The molecule has 9 heteroatoms. The maximum atomic E-state index is 13.4. The van der Waals surface area contributed by atoms with E-state index in [0.717, 1.165) is 0 Å². The quantitative estimate of drug-likeness (QED) is 0.547. The van der Waals surface area contributed by atoms with Gasteiger partial charge >= 0.3 is 0 Å². The third kappa shape index (κ3) is 5.30. The summed E-state index contributed by atoms with van der Waals surface area (Å²) >= 11 is 0. The van der Waals surface area contributed by atoms with Crippen LogP contribution in [0.1, 0.15) is 37.7 Å². The highest BCUT2D eigenvalue weighted by atomic mass is 19.1. The van der Waals surface area contributed by atoms with Crippen molar-refractivity contribution in [3.63, 3.8) is 0 Å². The van der Waals surface area contributed by atoms with Crippen molar-refractivity contribution in [2.75, 3.05) is 13.2 Å². The van der Waals surface area contributed by atoms with Gasteiger partial charge in [-0.1, -0.05) is 0 Å². The van der Waals surface area contributed by atoms with E-state index in [4.69, 9.17) is 9.47 Å². The maximum absolute atomic E-state index is 13.4. The largest absolute Gasteiger partial charge is 0.484 e. The molecule has 2 bridgehead atoms. The molecule has 7 nitrogen and oxygen atoms in total. The van der Waals surface area contributed by atoms with Crippen molar-refractivity contribution < 1.29 is 33.0 Å². The standard InChI is InChI=1S/C25H28F2N2O5/c1-16-12-19(6-7-20(16)27)34-14-22(31)28-24-8-10-25(11-9-24,21(30)13-24)29-23(32)15-33-18-4-2-17(26)3-5-18/h2-7,12,21,30H,8-11,13-15H2,1H3,(H,28,31)(H,29,32)/t21-,24?,25?/m1/s1.